The molecule has 1 amide bonds. The Hall–Kier alpha value is -3.99. The highest BCUT2D eigenvalue weighted by molar-refractivity contribution is 5.83. The van der Waals surface area contributed by atoms with E-state index >= 15 is 0 Å². The number of anilines is 2. The van der Waals surface area contributed by atoms with Gasteiger partial charge in [0, 0.05) is 55.5 Å². The van der Waals surface area contributed by atoms with E-state index in [1.165, 1.54) is 19.1 Å². The van der Waals surface area contributed by atoms with Crippen molar-refractivity contribution in [3.8, 4) is 11.3 Å². The molecule has 210 valence electrons. The predicted octanol–water partition coefficient (Wildman–Crippen LogP) is 5.64. The monoisotopic (exact) mass is 551 g/mol. The molecule has 3 heterocycles. The molecule has 0 atom stereocenters. The number of benzene rings is 2. The molecule has 1 saturated heterocycles. The number of carbonyl (C=O) groups is 1. The second-order valence-electron chi connectivity index (χ2n) is 10.5. The maximum Gasteiger partial charge on any atom is 0.227 e. The molecule has 0 saturated carbocycles. The lowest BCUT2D eigenvalue weighted by Crippen LogP contribution is -2.43. The summed E-state index contributed by atoms with van der Waals surface area (Å²) in [6.07, 6.45) is 2.65. The summed E-state index contributed by atoms with van der Waals surface area (Å²) in [6, 6.07) is 7.82. The van der Waals surface area contributed by atoms with Crippen LogP contribution in [0.1, 0.15) is 51.0 Å². The molecule has 0 bridgehead atoms. The van der Waals surface area contributed by atoms with Crippen LogP contribution < -0.4 is 10.6 Å². The van der Waals surface area contributed by atoms with E-state index in [0.717, 1.165) is 32.1 Å². The molecule has 2 aromatic heterocycles. The summed E-state index contributed by atoms with van der Waals surface area (Å²) >= 11 is 0. The number of imidazole rings is 1. The van der Waals surface area contributed by atoms with Crippen LogP contribution in [-0.4, -0.2) is 49.5 Å². The first-order valence-corrected chi connectivity index (χ1v) is 13.3. The van der Waals surface area contributed by atoms with E-state index in [-0.39, 0.29) is 46.5 Å². The van der Waals surface area contributed by atoms with Crippen molar-refractivity contribution in [2.75, 3.05) is 18.4 Å². The Morgan fingerprint density at radius 1 is 1.05 bits per heavy atom. The van der Waals surface area contributed by atoms with Gasteiger partial charge in [0.15, 0.2) is 11.6 Å². The third-order valence-corrected chi connectivity index (χ3v) is 7.16. The van der Waals surface area contributed by atoms with Crippen molar-refractivity contribution in [1.82, 2.24) is 29.7 Å². The van der Waals surface area contributed by atoms with Crippen LogP contribution in [0.15, 0.2) is 36.5 Å². The Kier molecular flexibility index (Phi) is 7.75. The van der Waals surface area contributed by atoms with Crippen molar-refractivity contribution in [3.63, 3.8) is 0 Å². The number of aryl methyl sites for hydroxylation is 1. The first kappa shape index (κ1) is 27.6. The topological polar surface area (TPSA) is 88.0 Å². The number of halogens is 3. The number of piperidine rings is 1. The summed E-state index contributed by atoms with van der Waals surface area (Å²) < 4.78 is 46.7. The van der Waals surface area contributed by atoms with E-state index in [0.29, 0.717) is 29.1 Å². The molecule has 1 aliphatic rings. The molecule has 1 fully saturated rings. The highest BCUT2D eigenvalue weighted by Crippen LogP contribution is 2.30. The number of likely N-dealkylation sites (tertiary alicyclic amines) is 1. The SMILES string of the molecule is CC(=O)NC1CCN(Cc2ccc(Nc3ncc(F)c(-c4cc(F)c5nc(C)n(C(C)C)c5c4)n3)cc2F)CC1. The summed E-state index contributed by atoms with van der Waals surface area (Å²) in [5, 5.41) is 5.87. The van der Waals surface area contributed by atoms with Crippen LogP contribution in [0.25, 0.3) is 22.3 Å². The van der Waals surface area contributed by atoms with Crippen LogP contribution in [0, 0.1) is 24.4 Å². The van der Waals surface area contributed by atoms with Crippen LogP contribution in [0.5, 0.6) is 0 Å². The number of fused-ring (bicyclic) bond motifs is 1. The van der Waals surface area contributed by atoms with Gasteiger partial charge in [0.1, 0.15) is 22.9 Å². The fraction of sp³-hybridized carbons (Fsp3) is 0.379. The smallest absolute Gasteiger partial charge is 0.227 e. The van der Waals surface area contributed by atoms with E-state index in [9.17, 15) is 18.0 Å². The Morgan fingerprint density at radius 3 is 2.48 bits per heavy atom. The molecule has 4 aromatic rings. The van der Waals surface area contributed by atoms with Gasteiger partial charge in [0.25, 0.3) is 0 Å². The number of rotatable bonds is 7. The Morgan fingerprint density at radius 2 is 1.80 bits per heavy atom. The summed E-state index contributed by atoms with van der Waals surface area (Å²) in [5.41, 5.74) is 1.89. The number of nitrogens with one attached hydrogen (secondary N) is 2. The van der Waals surface area contributed by atoms with Gasteiger partial charge in [-0.2, -0.15) is 0 Å². The van der Waals surface area contributed by atoms with Crippen molar-refractivity contribution in [2.45, 2.75) is 59.2 Å². The van der Waals surface area contributed by atoms with Gasteiger partial charge in [-0.25, -0.2) is 28.1 Å². The van der Waals surface area contributed by atoms with Gasteiger partial charge in [-0.15, -0.1) is 0 Å². The molecular formula is C29H32F3N7O. The molecular weight excluding hydrogens is 519 g/mol. The standard InChI is InChI=1S/C29H32F3N7O/c1-16(2)39-17(3)34-28-24(31)11-20(12-26(28)39)27-25(32)14-33-29(37-27)36-22-6-5-19(23(30)13-22)15-38-9-7-21(8-10-38)35-18(4)40/h5-6,11-14,16,21H,7-10,15H2,1-4H3,(H,35,40)(H,33,36,37). The maximum atomic E-state index is 15.0. The second-order valence-corrected chi connectivity index (χ2v) is 10.5. The molecule has 0 unspecified atom stereocenters. The number of nitrogens with zero attached hydrogens (tertiary/aromatic N) is 5. The quantitative estimate of drug-likeness (QED) is 0.309. The second kappa shape index (κ2) is 11.2. The van der Waals surface area contributed by atoms with Crippen LogP contribution in [0.3, 0.4) is 0 Å². The fourth-order valence-corrected chi connectivity index (χ4v) is 5.33. The number of carbonyl (C=O) groups excluding carboxylic acids is 1. The summed E-state index contributed by atoms with van der Waals surface area (Å²) in [5.74, 6) is -0.989. The molecule has 2 aromatic carbocycles. The molecule has 1 aliphatic heterocycles. The lowest BCUT2D eigenvalue weighted by Gasteiger charge is -2.32. The van der Waals surface area contributed by atoms with E-state index in [4.69, 9.17) is 0 Å². The van der Waals surface area contributed by atoms with Crippen molar-refractivity contribution in [3.05, 3.63) is 65.4 Å². The minimum absolute atomic E-state index is 0.0283. The van der Waals surface area contributed by atoms with Crippen molar-refractivity contribution in [2.24, 2.45) is 0 Å². The van der Waals surface area contributed by atoms with Gasteiger partial charge in [-0.3, -0.25) is 9.69 Å². The van der Waals surface area contributed by atoms with Gasteiger partial charge in [-0.1, -0.05) is 6.07 Å². The zero-order chi connectivity index (χ0) is 28.6. The average Bonchev–Trinajstić information content (AvgIpc) is 3.24. The Labute approximate surface area is 230 Å². The summed E-state index contributed by atoms with van der Waals surface area (Å²) in [6.45, 7) is 9.22. The van der Waals surface area contributed by atoms with Crippen molar-refractivity contribution < 1.29 is 18.0 Å². The zero-order valence-electron chi connectivity index (χ0n) is 22.9. The molecule has 8 nitrogen and oxygen atoms in total. The Balaban J connectivity index is 1.33. The molecule has 11 heteroatoms. The van der Waals surface area contributed by atoms with Gasteiger partial charge in [0.2, 0.25) is 11.9 Å². The number of amides is 1. The molecule has 2 N–H and O–H groups in total. The lowest BCUT2D eigenvalue weighted by molar-refractivity contribution is -0.119. The maximum absolute atomic E-state index is 15.0. The van der Waals surface area contributed by atoms with Crippen LogP contribution in [-0.2, 0) is 11.3 Å². The molecule has 0 spiro atoms. The van der Waals surface area contributed by atoms with Crippen LogP contribution >= 0.6 is 0 Å². The number of aromatic nitrogens is 4. The lowest BCUT2D eigenvalue weighted by atomic mass is 10.0. The highest BCUT2D eigenvalue weighted by atomic mass is 19.1. The zero-order valence-corrected chi connectivity index (χ0v) is 22.9. The number of hydrogen-bond acceptors (Lipinski definition) is 6. The van der Waals surface area contributed by atoms with Crippen molar-refractivity contribution in [1.29, 1.82) is 0 Å². The Bertz CT molecular complexity index is 1560. The molecule has 0 radical (unpaired) electrons. The fourth-order valence-electron chi connectivity index (χ4n) is 5.33. The summed E-state index contributed by atoms with van der Waals surface area (Å²) in [4.78, 5) is 26.0. The van der Waals surface area contributed by atoms with Gasteiger partial charge >= 0.3 is 0 Å². The summed E-state index contributed by atoms with van der Waals surface area (Å²) in [7, 11) is 0. The third-order valence-electron chi connectivity index (χ3n) is 7.16. The van der Waals surface area contributed by atoms with E-state index < -0.39 is 11.6 Å². The third kappa shape index (κ3) is 5.79. The van der Waals surface area contributed by atoms with Crippen molar-refractivity contribution >= 4 is 28.6 Å². The van der Waals surface area contributed by atoms with E-state index in [1.54, 1.807) is 25.1 Å². The molecule has 0 aliphatic carbocycles. The minimum Gasteiger partial charge on any atom is -0.354 e. The first-order valence-electron chi connectivity index (χ1n) is 13.3. The van der Waals surface area contributed by atoms with Crippen LogP contribution in [0.4, 0.5) is 24.8 Å². The highest BCUT2D eigenvalue weighted by Gasteiger charge is 2.21. The van der Waals surface area contributed by atoms with E-state index in [2.05, 4.69) is 30.5 Å². The van der Waals surface area contributed by atoms with Gasteiger partial charge < -0.3 is 15.2 Å². The predicted molar refractivity (Wildman–Crippen MR) is 148 cm³/mol. The molecule has 5 rings (SSSR count). The first-order chi connectivity index (χ1) is 19.1. The van der Waals surface area contributed by atoms with E-state index in [1.807, 2.05) is 18.4 Å². The van der Waals surface area contributed by atoms with Gasteiger partial charge in [-0.05, 0) is 57.9 Å². The minimum atomic E-state index is -0.708. The normalized spacial score (nSPS) is 14.7. The van der Waals surface area contributed by atoms with Gasteiger partial charge in [0.05, 0.1) is 11.7 Å². The number of hydrogen-bond donors (Lipinski definition) is 2. The average molecular weight is 552 g/mol. The molecule has 40 heavy (non-hydrogen) atoms. The largest absolute Gasteiger partial charge is 0.354 e. The van der Waals surface area contributed by atoms with Crippen LogP contribution in [0.2, 0.25) is 0 Å².